The van der Waals surface area contributed by atoms with E-state index in [-0.39, 0.29) is 17.6 Å². The number of benzene rings is 1. The van der Waals surface area contributed by atoms with Gasteiger partial charge in [0.2, 0.25) is 0 Å². The molecular weight excluding hydrogens is 462 g/mol. The molecule has 2 amide bonds. The normalized spacial score (nSPS) is 24.4. The summed E-state index contributed by atoms with van der Waals surface area (Å²) in [5.74, 6) is 0.973. The monoisotopic (exact) mass is 495 g/mol. The quantitative estimate of drug-likeness (QED) is 0.680. The van der Waals surface area contributed by atoms with Crippen LogP contribution in [-0.2, 0) is 25.5 Å². The lowest BCUT2D eigenvalue weighted by atomic mass is 9.79. The molecule has 0 unspecified atom stereocenters. The second kappa shape index (κ2) is 10.0. The maximum absolute atomic E-state index is 13.5. The lowest BCUT2D eigenvalue weighted by molar-refractivity contribution is -0.116. The first-order chi connectivity index (χ1) is 17.4. The Morgan fingerprint density at radius 1 is 1.19 bits per heavy atom. The van der Waals surface area contributed by atoms with Crippen LogP contribution in [0.3, 0.4) is 0 Å². The van der Waals surface area contributed by atoms with Gasteiger partial charge in [0.05, 0.1) is 24.9 Å². The second-order valence-electron chi connectivity index (χ2n) is 9.58. The number of morpholine rings is 1. The molecule has 192 valence electrons. The van der Waals surface area contributed by atoms with Crippen molar-refractivity contribution in [3.8, 4) is 11.4 Å². The average Bonchev–Trinajstić information content (AvgIpc) is 3.43. The van der Waals surface area contributed by atoms with Gasteiger partial charge >= 0.3 is 6.09 Å². The van der Waals surface area contributed by atoms with E-state index in [0.717, 1.165) is 24.0 Å². The van der Waals surface area contributed by atoms with E-state index < -0.39 is 11.6 Å². The van der Waals surface area contributed by atoms with Crippen LogP contribution in [0.5, 0.6) is 0 Å². The molecule has 10 nitrogen and oxygen atoms in total. The van der Waals surface area contributed by atoms with Gasteiger partial charge in [-0.25, -0.2) is 14.5 Å². The predicted molar refractivity (Wildman–Crippen MR) is 132 cm³/mol. The number of nitrogens with zero attached hydrogens (tertiary/aromatic N) is 4. The van der Waals surface area contributed by atoms with E-state index in [0.29, 0.717) is 63.1 Å². The molecule has 1 spiro atoms. The number of nitrogens with one attached hydrogen (secondary N) is 1. The van der Waals surface area contributed by atoms with Gasteiger partial charge in [-0.2, -0.15) is 5.10 Å². The highest BCUT2D eigenvalue weighted by Crippen LogP contribution is 2.44. The van der Waals surface area contributed by atoms with Gasteiger partial charge in [-0.05, 0) is 39.5 Å². The molecule has 1 saturated heterocycles. The molecule has 1 aliphatic carbocycles. The Bertz CT molecular complexity index is 1160. The molecule has 1 aromatic carbocycles. The first-order valence-electron chi connectivity index (χ1n) is 12.6. The zero-order valence-electron chi connectivity index (χ0n) is 21.1. The zero-order chi connectivity index (χ0) is 25.3. The SMILES string of the molecule is CCn1nc(-c2ccc(C)cc2)nc1C1=C(OC(=O)N2CCOCC2)C2(CCC(OC)CC2)NC1=O. The van der Waals surface area contributed by atoms with E-state index in [9.17, 15) is 9.59 Å². The number of carbonyl (C=O) groups is 2. The summed E-state index contributed by atoms with van der Waals surface area (Å²) in [5, 5.41) is 7.83. The van der Waals surface area contributed by atoms with Crippen LogP contribution in [-0.4, -0.2) is 76.7 Å². The summed E-state index contributed by atoms with van der Waals surface area (Å²) in [5.41, 5.74) is 1.49. The summed E-state index contributed by atoms with van der Waals surface area (Å²) in [6.07, 6.45) is 2.35. The molecule has 10 heteroatoms. The topological polar surface area (TPSA) is 108 Å². The Morgan fingerprint density at radius 2 is 1.89 bits per heavy atom. The first kappa shape index (κ1) is 24.5. The fraction of sp³-hybridized carbons (Fsp3) is 0.538. The van der Waals surface area contributed by atoms with Crippen LogP contribution in [0.1, 0.15) is 44.0 Å². The van der Waals surface area contributed by atoms with Gasteiger partial charge in [-0.1, -0.05) is 29.8 Å². The van der Waals surface area contributed by atoms with Crippen LogP contribution >= 0.6 is 0 Å². The standard InChI is InChI=1S/C26H33N5O5/c1-4-31-23(27-22(29-31)18-7-5-17(2)6-8-18)20-21(36-25(33)30-13-15-35-16-14-30)26(28-24(20)32)11-9-19(34-3)10-12-26/h5-8,19H,4,9-16H2,1-3H3,(H,28,32). The van der Waals surface area contributed by atoms with Crippen molar-refractivity contribution in [2.24, 2.45) is 0 Å². The maximum Gasteiger partial charge on any atom is 0.415 e. The van der Waals surface area contributed by atoms with Crippen molar-refractivity contribution < 1.29 is 23.8 Å². The van der Waals surface area contributed by atoms with Gasteiger partial charge in [0, 0.05) is 32.3 Å². The zero-order valence-corrected chi connectivity index (χ0v) is 21.1. The van der Waals surface area contributed by atoms with Crippen molar-refractivity contribution in [2.75, 3.05) is 33.4 Å². The minimum Gasteiger partial charge on any atom is -0.411 e. The number of carbonyl (C=O) groups excluding carboxylic acids is 2. The summed E-state index contributed by atoms with van der Waals surface area (Å²) in [6.45, 7) is 6.30. The van der Waals surface area contributed by atoms with Crippen molar-refractivity contribution in [1.82, 2.24) is 25.0 Å². The fourth-order valence-corrected chi connectivity index (χ4v) is 5.17. The molecule has 2 aliphatic heterocycles. The van der Waals surface area contributed by atoms with Crippen molar-refractivity contribution >= 4 is 17.6 Å². The fourth-order valence-electron chi connectivity index (χ4n) is 5.17. The summed E-state index contributed by atoms with van der Waals surface area (Å²) in [7, 11) is 1.70. The molecule has 3 heterocycles. The number of hydrogen-bond acceptors (Lipinski definition) is 7. The lowest BCUT2D eigenvalue weighted by Crippen LogP contribution is -2.50. The minimum atomic E-state index is -0.780. The molecule has 1 aromatic heterocycles. The van der Waals surface area contributed by atoms with Crippen LogP contribution in [0.4, 0.5) is 4.79 Å². The Kier molecular flexibility index (Phi) is 6.81. The third-order valence-electron chi connectivity index (χ3n) is 7.32. The van der Waals surface area contributed by atoms with Crippen LogP contribution in [0.15, 0.2) is 30.0 Å². The van der Waals surface area contributed by atoms with E-state index in [1.165, 1.54) is 0 Å². The van der Waals surface area contributed by atoms with Crippen molar-refractivity contribution in [3.05, 3.63) is 41.4 Å². The number of amides is 2. The van der Waals surface area contributed by atoms with Crippen LogP contribution in [0.2, 0.25) is 0 Å². The molecule has 0 bridgehead atoms. The van der Waals surface area contributed by atoms with Gasteiger partial charge in [0.15, 0.2) is 17.4 Å². The third kappa shape index (κ3) is 4.51. The molecular formula is C26H33N5O5. The summed E-state index contributed by atoms with van der Waals surface area (Å²) in [6, 6.07) is 7.93. The van der Waals surface area contributed by atoms with Crippen molar-refractivity contribution in [1.29, 1.82) is 0 Å². The summed E-state index contributed by atoms with van der Waals surface area (Å²) >= 11 is 0. The second-order valence-corrected chi connectivity index (χ2v) is 9.58. The molecule has 36 heavy (non-hydrogen) atoms. The first-order valence-corrected chi connectivity index (χ1v) is 12.6. The molecule has 1 saturated carbocycles. The number of ether oxygens (including phenoxy) is 3. The Balaban J connectivity index is 1.57. The molecule has 5 rings (SSSR count). The van der Waals surface area contributed by atoms with E-state index in [4.69, 9.17) is 19.2 Å². The number of aryl methyl sites for hydroxylation is 2. The highest BCUT2D eigenvalue weighted by molar-refractivity contribution is 6.22. The summed E-state index contributed by atoms with van der Waals surface area (Å²) in [4.78, 5) is 33.1. The van der Waals surface area contributed by atoms with Crippen molar-refractivity contribution in [3.63, 3.8) is 0 Å². The van der Waals surface area contributed by atoms with E-state index >= 15 is 0 Å². The molecule has 2 aromatic rings. The Labute approximate surface area is 210 Å². The van der Waals surface area contributed by atoms with Gasteiger partial charge in [-0.15, -0.1) is 0 Å². The van der Waals surface area contributed by atoms with Crippen molar-refractivity contribution in [2.45, 2.75) is 57.7 Å². The van der Waals surface area contributed by atoms with E-state index in [1.807, 2.05) is 38.1 Å². The van der Waals surface area contributed by atoms with Gasteiger partial charge in [-0.3, -0.25) is 4.79 Å². The van der Waals surface area contributed by atoms with Gasteiger partial charge in [0.25, 0.3) is 5.91 Å². The average molecular weight is 496 g/mol. The van der Waals surface area contributed by atoms with Crippen LogP contribution in [0, 0.1) is 6.92 Å². The number of rotatable bonds is 5. The highest BCUT2D eigenvalue weighted by Gasteiger charge is 2.51. The smallest absolute Gasteiger partial charge is 0.411 e. The summed E-state index contributed by atoms with van der Waals surface area (Å²) < 4.78 is 18.7. The largest absolute Gasteiger partial charge is 0.415 e. The lowest BCUT2D eigenvalue weighted by Gasteiger charge is -2.38. The molecule has 0 atom stereocenters. The Hall–Kier alpha value is -3.24. The van der Waals surface area contributed by atoms with Crippen LogP contribution < -0.4 is 5.32 Å². The van der Waals surface area contributed by atoms with Gasteiger partial charge < -0.3 is 24.4 Å². The minimum absolute atomic E-state index is 0.111. The number of hydrogen-bond donors (Lipinski definition) is 1. The van der Waals surface area contributed by atoms with Crippen LogP contribution in [0.25, 0.3) is 17.0 Å². The molecule has 3 aliphatic rings. The highest BCUT2D eigenvalue weighted by atomic mass is 16.6. The van der Waals surface area contributed by atoms with E-state index in [2.05, 4.69) is 10.4 Å². The Morgan fingerprint density at radius 3 is 2.53 bits per heavy atom. The van der Waals surface area contributed by atoms with Gasteiger partial charge in [0.1, 0.15) is 5.57 Å². The molecule has 1 N–H and O–H groups in total. The third-order valence-corrected chi connectivity index (χ3v) is 7.32. The van der Waals surface area contributed by atoms with E-state index in [1.54, 1.807) is 16.7 Å². The molecule has 0 radical (unpaired) electrons. The number of aromatic nitrogens is 3. The molecule has 2 fully saturated rings. The maximum atomic E-state index is 13.5. The predicted octanol–water partition coefficient (Wildman–Crippen LogP) is 2.91. The number of methoxy groups -OCH3 is 1.